The van der Waals surface area contributed by atoms with Gasteiger partial charge < -0.3 is 9.47 Å². The van der Waals surface area contributed by atoms with Gasteiger partial charge in [0.15, 0.2) is 0 Å². The van der Waals surface area contributed by atoms with Gasteiger partial charge in [0.25, 0.3) is 0 Å². The van der Waals surface area contributed by atoms with E-state index in [4.69, 9.17) is 21.1 Å². The van der Waals surface area contributed by atoms with Gasteiger partial charge in [-0.05, 0) is 37.1 Å². The standard InChI is InChI=1S/C13H17ClO2/c1-8-4-5-10(6-9(8)2)16-12-7-11(14)13(12)15-3/h4-6,11-13H,7H2,1-3H3. The minimum Gasteiger partial charge on any atom is -0.488 e. The lowest BCUT2D eigenvalue weighted by atomic mass is 9.91. The van der Waals surface area contributed by atoms with E-state index in [1.807, 2.05) is 6.07 Å². The Labute approximate surface area is 102 Å². The quantitative estimate of drug-likeness (QED) is 0.756. The van der Waals surface area contributed by atoms with Crippen molar-refractivity contribution in [2.75, 3.05) is 7.11 Å². The number of aryl methyl sites for hydroxylation is 2. The molecule has 0 saturated heterocycles. The summed E-state index contributed by atoms with van der Waals surface area (Å²) < 4.78 is 11.1. The number of hydrogen-bond donors (Lipinski definition) is 0. The Balaban J connectivity index is 2.02. The third kappa shape index (κ3) is 2.18. The summed E-state index contributed by atoms with van der Waals surface area (Å²) in [7, 11) is 1.68. The Hall–Kier alpha value is -0.730. The maximum atomic E-state index is 6.03. The Bertz CT molecular complexity index is 378. The summed E-state index contributed by atoms with van der Waals surface area (Å²) in [6.45, 7) is 4.18. The largest absolute Gasteiger partial charge is 0.488 e. The highest BCUT2D eigenvalue weighted by atomic mass is 35.5. The number of hydrogen-bond acceptors (Lipinski definition) is 2. The SMILES string of the molecule is COC1C(Cl)CC1Oc1ccc(C)c(C)c1. The van der Waals surface area contributed by atoms with E-state index in [1.165, 1.54) is 11.1 Å². The molecule has 0 spiro atoms. The van der Waals surface area contributed by atoms with Crippen LogP contribution in [0.2, 0.25) is 0 Å². The molecule has 2 rings (SSSR count). The fourth-order valence-electron chi connectivity index (χ4n) is 1.90. The lowest BCUT2D eigenvalue weighted by molar-refractivity contribution is -0.0583. The van der Waals surface area contributed by atoms with E-state index in [-0.39, 0.29) is 17.6 Å². The minimum atomic E-state index is 0.0169. The van der Waals surface area contributed by atoms with Crippen LogP contribution >= 0.6 is 11.6 Å². The van der Waals surface area contributed by atoms with Gasteiger partial charge in [-0.25, -0.2) is 0 Å². The zero-order valence-electron chi connectivity index (χ0n) is 9.87. The molecule has 0 N–H and O–H groups in total. The topological polar surface area (TPSA) is 18.5 Å². The molecule has 0 aromatic heterocycles. The van der Waals surface area contributed by atoms with E-state index in [1.54, 1.807) is 7.11 Å². The molecular formula is C13H17ClO2. The van der Waals surface area contributed by atoms with Crippen LogP contribution in [0.15, 0.2) is 18.2 Å². The maximum absolute atomic E-state index is 6.03. The first-order valence-corrected chi connectivity index (χ1v) is 5.96. The zero-order valence-corrected chi connectivity index (χ0v) is 10.6. The molecule has 3 unspecified atom stereocenters. The molecule has 88 valence electrons. The first-order valence-electron chi connectivity index (χ1n) is 5.52. The average Bonchev–Trinajstić information content (AvgIpc) is 2.23. The van der Waals surface area contributed by atoms with Gasteiger partial charge in [0, 0.05) is 13.5 Å². The second-order valence-corrected chi connectivity index (χ2v) is 4.91. The number of rotatable bonds is 3. The molecule has 3 heteroatoms. The van der Waals surface area contributed by atoms with Crippen molar-refractivity contribution in [3.05, 3.63) is 29.3 Å². The second kappa shape index (κ2) is 4.64. The van der Waals surface area contributed by atoms with Crippen molar-refractivity contribution in [2.24, 2.45) is 0 Å². The van der Waals surface area contributed by atoms with E-state index in [2.05, 4.69) is 26.0 Å². The average molecular weight is 241 g/mol. The van der Waals surface area contributed by atoms with Crippen LogP contribution in [0, 0.1) is 13.8 Å². The molecule has 0 radical (unpaired) electrons. The number of benzene rings is 1. The number of alkyl halides is 1. The van der Waals surface area contributed by atoms with Gasteiger partial charge in [0.1, 0.15) is 18.0 Å². The van der Waals surface area contributed by atoms with Gasteiger partial charge in [0.05, 0.1) is 5.38 Å². The highest BCUT2D eigenvalue weighted by molar-refractivity contribution is 6.21. The Morgan fingerprint density at radius 1 is 1.25 bits per heavy atom. The van der Waals surface area contributed by atoms with Crippen LogP contribution in [0.4, 0.5) is 0 Å². The first-order chi connectivity index (χ1) is 7.61. The molecule has 1 saturated carbocycles. The molecule has 1 aromatic rings. The van der Waals surface area contributed by atoms with Crippen LogP contribution in [0.5, 0.6) is 5.75 Å². The molecule has 0 aliphatic heterocycles. The van der Waals surface area contributed by atoms with Crippen LogP contribution in [0.1, 0.15) is 17.5 Å². The van der Waals surface area contributed by atoms with Gasteiger partial charge in [-0.1, -0.05) is 6.07 Å². The van der Waals surface area contributed by atoms with Gasteiger partial charge in [-0.15, -0.1) is 11.6 Å². The van der Waals surface area contributed by atoms with Crippen LogP contribution < -0.4 is 4.74 Å². The third-order valence-corrected chi connectivity index (χ3v) is 3.64. The molecule has 0 amide bonds. The molecule has 1 fully saturated rings. The van der Waals surface area contributed by atoms with Crippen molar-refractivity contribution < 1.29 is 9.47 Å². The molecule has 1 aliphatic carbocycles. The third-order valence-electron chi connectivity index (χ3n) is 3.22. The molecule has 1 aliphatic rings. The summed E-state index contributed by atoms with van der Waals surface area (Å²) >= 11 is 6.03. The lowest BCUT2D eigenvalue weighted by Gasteiger charge is -2.39. The first kappa shape index (κ1) is 11.7. The number of ether oxygens (including phenoxy) is 2. The van der Waals surface area contributed by atoms with E-state index in [9.17, 15) is 0 Å². The Morgan fingerprint density at radius 3 is 2.56 bits per heavy atom. The molecule has 2 nitrogen and oxygen atoms in total. The molecule has 0 bridgehead atoms. The van der Waals surface area contributed by atoms with E-state index in [0.717, 1.165) is 12.2 Å². The van der Waals surface area contributed by atoms with Crippen LogP contribution in [0.25, 0.3) is 0 Å². The lowest BCUT2D eigenvalue weighted by Crippen LogP contribution is -2.52. The van der Waals surface area contributed by atoms with Crippen LogP contribution in [-0.2, 0) is 4.74 Å². The van der Waals surface area contributed by atoms with Crippen molar-refractivity contribution in [3.8, 4) is 5.75 Å². The summed E-state index contributed by atoms with van der Waals surface area (Å²) in [6.07, 6.45) is 0.963. The summed E-state index contributed by atoms with van der Waals surface area (Å²) in [5.74, 6) is 0.902. The van der Waals surface area contributed by atoms with Gasteiger partial charge >= 0.3 is 0 Å². The maximum Gasteiger partial charge on any atom is 0.128 e. The van der Waals surface area contributed by atoms with Gasteiger partial charge in [-0.2, -0.15) is 0 Å². The van der Waals surface area contributed by atoms with Crippen molar-refractivity contribution in [2.45, 2.75) is 37.9 Å². The van der Waals surface area contributed by atoms with E-state index < -0.39 is 0 Å². The minimum absolute atomic E-state index is 0.0169. The van der Waals surface area contributed by atoms with Crippen LogP contribution in [-0.4, -0.2) is 24.7 Å². The van der Waals surface area contributed by atoms with E-state index in [0.29, 0.717) is 0 Å². The highest BCUT2D eigenvalue weighted by Gasteiger charge is 2.42. The fraction of sp³-hybridized carbons (Fsp3) is 0.538. The predicted molar refractivity (Wildman–Crippen MR) is 65.4 cm³/mol. The Morgan fingerprint density at radius 2 is 2.00 bits per heavy atom. The van der Waals surface area contributed by atoms with Crippen molar-refractivity contribution in [3.63, 3.8) is 0 Å². The molecule has 1 aromatic carbocycles. The molecular weight excluding hydrogens is 224 g/mol. The highest BCUT2D eigenvalue weighted by Crippen LogP contribution is 2.32. The molecule has 3 atom stereocenters. The zero-order chi connectivity index (χ0) is 11.7. The monoisotopic (exact) mass is 240 g/mol. The van der Waals surface area contributed by atoms with E-state index >= 15 is 0 Å². The number of methoxy groups -OCH3 is 1. The molecule has 0 heterocycles. The summed E-state index contributed by atoms with van der Waals surface area (Å²) in [5.41, 5.74) is 2.52. The van der Waals surface area contributed by atoms with Crippen molar-refractivity contribution in [1.82, 2.24) is 0 Å². The summed E-state index contributed by atoms with van der Waals surface area (Å²) in [5, 5.41) is 0.0848. The second-order valence-electron chi connectivity index (χ2n) is 4.35. The van der Waals surface area contributed by atoms with Gasteiger partial charge in [-0.3, -0.25) is 0 Å². The predicted octanol–water partition coefficient (Wildman–Crippen LogP) is 3.08. The van der Waals surface area contributed by atoms with Crippen molar-refractivity contribution in [1.29, 1.82) is 0 Å². The summed E-state index contributed by atoms with van der Waals surface area (Å²) in [4.78, 5) is 0. The Kier molecular flexibility index (Phi) is 3.41. The van der Waals surface area contributed by atoms with Gasteiger partial charge in [0.2, 0.25) is 0 Å². The number of halogens is 1. The summed E-state index contributed by atoms with van der Waals surface area (Å²) in [6, 6.07) is 6.13. The normalized spacial score (nSPS) is 28.6. The van der Waals surface area contributed by atoms with Crippen molar-refractivity contribution >= 4 is 11.6 Å². The van der Waals surface area contributed by atoms with Crippen LogP contribution in [0.3, 0.4) is 0 Å². The fourth-order valence-corrected chi connectivity index (χ4v) is 2.34. The molecule has 16 heavy (non-hydrogen) atoms. The smallest absolute Gasteiger partial charge is 0.128 e.